The van der Waals surface area contributed by atoms with Gasteiger partial charge >= 0.3 is 0 Å². The fourth-order valence-corrected chi connectivity index (χ4v) is 3.25. The monoisotopic (exact) mass is 305 g/mol. The molecule has 0 heterocycles. The molecular formula is C16H13Cl2NO. The highest BCUT2D eigenvalue weighted by Gasteiger charge is 2.72. The van der Waals surface area contributed by atoms with Crippen molar-refractivity contribution in [2.24, 2.45) is 0 Å². The fourth-order valence-electron chi connectivity index (χ4n) is 2.46. The quantitative estimate of drug-likeness (QED) is 0.848. The SMILES string of the molecule is O=C(Nc1ccccc1)[C@@]1(c2ccccc2)CC1(Cl)Cl. The summed E-state index contributed by atoms with van der Waals surface area (Å²) in [5, 5.41) is 2.89. The molecule has 3 rings (SSSR count). The van der Waals surface area contributed by atoms with Crippen LogP contribution in [-0.2, 0) is 10.2 Å². The van der Waals surface area contributed by atoms with E-state index in [1.54, 1.807) is 0 Å². The topological polar surface area (TPSA) is 29.1 Å². The molecule has 0 radical (unpaired) electrons. The number of hydrogen-bond donors (Lipinski definition) is 1. The number of rotatable bonds is 3. The number of halogens is 2. The molecule has 1 fully saturated rings. The van der Waals surface area contributed by atoms with Crippen molar-refractivity contribution in [3.63, 3.8) is 0 Å². The molecule has 4 heteroatoms. The van der Waals surface area contributed by atoms with Gasteiger partial charge < -0.3 is 5.32 Å². The lowest BCUT2D eigenvalue weighted by molar-refractivity contribution is -0.118. The Hall–Kier alpha value is -1.51. The lowest BCUT2D eigenvalue weighted by Crippen LogP contribution is -2.32. The van der Waals surface area contributed by atoms with Crippen molar-refractivity contribution < 1.29 is 4.79 Å². The molecule has 1 N–H and O–H groups in total. The summed E-state index contributed by atoms with van der Waals surface area (Å²) in [6.45, 7) is 0. The largest absolute Gasteiger partial charge is 0.325 e. The van der Waals surface area contributed by atoms with Crippen LogP contribution in [0, 0.1) is 0 Å². The molecule has 0 aromatic heterocycles. The van der Waals surface area contributed by atoms with Gasteiger partial charge in [-0.05, 0) is 17.7 Å². The van der Waals surface area contributed by atoms with Crippen LogP contribution in [0.4, 0.5) is 5.69 Å². The minimum absolute atomic E-state index is 0.167. The van der Waals surface area contributed by atoms with E-state index in [4.69, 9.17) is 23.2 Å². The Balaban J connectivity index is 1.92. The summed E-state index contributed by atoms with van der Waals surface area (Å²) in [4.78, 5) is 12.6. The second-order valence-corrected chi connectivity index (χ2v) is 6.46. The molecule has 0 aliphatic heterocycles. The molecule has 1 aliphatic rings. The summed E-state index contributed by atoms with van der Waals surface area (Å²) in [6.07, 6.45) is 0.422. The van der Waals surface area contributed by atoms with E-state index in [0.29, 0.717) is 6.42 Å². The van der Waals surface area contributed by atoms with Crippen LogP contribution in [0.1, 0.15) is 12.0 Å². The van der Waals surface area contributed by atoms with Gasteiger partial charge in [-0.1, -0.05) is 48.5 Å². The molecule has 0 unspecified atom stereocenters. The number of carbonyl (C=O) groups is 1. The summed E-state index contributed by atoms with van der Waals surface area (Å²) < 4.78 is -1.05. The summed E-state index contributed by atoms with van der Waals surface area (Å²) >= 11 is 12.5. The smallest absolute Gasteiger partial charge is 0.238 e. The third-order valence-electron chi connectivity index (χ3n) is 3.67. The Labute approximate surface area is 127 Å². The number of amides is 1. The van der Waals surface area contributed by atoms with E-state index < -0.39 is 9.75 Å². The number of benzene rings is 2. The third kappa shape index (κ3) is 2.09. The molecule has 102 valence electrons. The highest BCUT2D eigenvalue weighted by Crippen LogP contribution is 2.65. The van der Waals surface area contributed by atoms with Gasteiger partial charge in [0, 0.05) is 12.1 Å². The second kappa shape index (κ2) is 4.80. The Morgan fingerprint density at radius 3 is 1.95 bits per heavy atom. The van der Waals surface area contributed by atoms with E-state index in [-0.39, 0.29) is 5.91 Å². The van der Waals surface area contributed by atoms with Crippen LogP contribution in [-0.4, -0.2) is 10.2 Å². The first-order valence-electron chi connectivity index (χ1n) is 6.36. The lowest BCUT2D eigenvalue weighted by Gasteiger charge is -2.18. The van der Waals surface area contributed by atoms with Crippen LogP contribution in [0.5, 0.6) is 0 Å². The molecular weight excluding hydrogens is 293 g/mol. The van der Waals surface area contributed by atoms with Crippen molar-refractivity contribution in [3.8, 4) is 0 Å². The Bertz CT molecular complexity index is 627. The van der Waals surface area contributed by atoms with Crippen molar-refractivity contribution in [1.82, 2.24) is 0 Å². The van der Waals surface area contributed by atoms with Gasteiger partial charge in [0.15, 0.2) is 0 Å². The molecule has 0 saturated heterocycles. The highest BCUT2D eigenvalue weighted by molar-refractivity contribution is 6.54. The summed E-state index contributed by atoms with van der Waals surface area (Å²) in [6, 6.07) is 18.7. The average Bonchev–Trinajstić information content (AvgIpc) is 3.05. The number of nitrogens with one attached hydrogen (secondary N) is 1. The predicted octanol–water partition coefficient (Wildman–Crippen LogP) is 4.14. The normalized spacial score (nSPS) is 23.1. The van der Waals surface area contributed by atoms with Crippen LogP contribution in [0.25, 0.3) is 0 Å². The van der Waals surface area contributed by atoms with Gasteiger partial charge in [0.1, 0.15) is 9.75 Å². The second-order valence-electron chi connectivity index (χ2n) is 4.97. The van der Waals surface area contributed by atoms with Gasteiger partial charge in [-0.2, -0.15) is 0 Å². The maximum Gasteiger partial charge on any atom is 0.238 e. The minimum Gasteiger partial charge on any atom is -0.325 e. The number of hydrogen-bond acceptors (Lipinski definition) is 1. The van der Waals surface area contributed by atoms with E-state index in [1.165, 1.54) is 0 Å². The van der Waals surface area contributed by atoms with E-state index in [2.05, 4.69) is 5.32 Å². The van der Waals surface area contributed by atoms with Crippen LogP contribution in [0.15, 0.2) is 60.7 Å². The van der Waals surface area contributed by atoms with Crippen LogP contribution in [0.2, 0.25) is 0 Å². The van der Waals surface area contributed by atoms with E-state index in [1.807, 2.05) is 60.7 Å². The van der Waals surface area contributed by atoms with Crippen LogP contribution in [0.3, 0.4) is 0 Å². The molecule has 1 atom stereocenters. The lowest BCUT2D eigenvalue weighted by atomic mass is 9.94. The number of para-hydroxylation sites is 1. The molecule has 0 bridgehead atoms. The van der Waals surface area contributed by atoms with Gasteiger partial charge in [-0.3, -0.25) is 4.79 Å². The molecule has 1 amide bonds. The van der Waals surface area contributed by atoms with Crippen molar-refractivity contribution in [1.29, 1.82) is 0 Å². The Kier molecular flexibility index (Phi) is 3.23. The maximum atomic E-state index is 12.6. The van der Waals surface area contributed by atoms with Crippen LogP contribution < -0.4 is 5.32 Å². The van der Waals surface area contributed by atoms with Gasteiger partial charge in [0.2, 0.25) is 5.91 Å². The van der Waals surface area contributed by atoms with Gasteiger partial charge in [0.05, 0.1) is 0 Å². The zero-order valence-electron chi connectivity index (χ0n) is 10.6. The summed E-state index contributed by atoms with van der Waals surface area (Å²) in [7, 11) is 0. The predicted molar refractivity (Wildman–Crippen MR) is 82.2 cm³/mol. The number of alkyl halides is 2. The maximum absolute atomic E-state index is 12.6. The zero-order chi connectivity index (χ0) is 14.2. The molecule has 20 heavy (non-hydrogen) atoms. The van der Waals surface area contributed by atoms with Crippen LogP contribution >= 0.6 is 23.2 Å². The van der Waals surface area contributed by atoms with E-state index in [9.17, 15) is 4.79 Å². The molecule has 1 aliphatic carbocycles. The summed E-state index contributed by atoms with van der Waals surface area (Å²) in [5.41, 5.74) is 0.718. The minimum atomic E-state index is -1.05. The number of carbonyl (C=O) groups excluding carboxylic acids is 1. The first-order valence-corrected chi connectivity index (χ1v) is 7.12. The van der Waals surface area contributed by atoms with Gasteiger partial charge in [0.25, 0.3) is 0 Å². The summed E-state index contributed by atoms with van der Waals surface area (Å²) in [5.74, 6) is -0.167. The Morgan fingerprint density at radius 1 is 0.950 bits per heavy atom. The van der Waals surface area contributed by atoms with Crippen molar-refractivity contribution >= 4 is 34.8 Å². The molecule has 1 saturated carbocycles. The van der Waals surface area contributed by atoms with Crippen molar-refractivity contribution in [3.05, 3.63) is 66.2 Å². The molecule has 0 spiro atoms. The molecule has 2 nitrogen and oxygen atoms in total. The zero-order valence-corrected chi connectivity index (χ0v) is 12.2. The molecule has 2 aromatic rings. The molecule has 2 aromatic carbocycles. The van der Waals surface area contributed by atoms with E-state index in [0.717, 1.165) is 11.3 Å². The first kappa shape index (κ1) is 13.5. The standard InChI is InChI=1S/C16H13Cl2NO/c17-16(18)11-15(16,12-7-3-1-4-8-12)14(20)19-13-9-5-2-6-10-13/h1-10H,11H2,(H,19,20)/t15-/m0/s1. The van der Waals surface area contributed by atoms with Gasteiger partial charge in [-0.25, -0.2) is 0 Å². The number of anilines is 1. The first-order chi connectivity index (χ1) is 9.56. The average molecular weight is 306 g/mol. The van der Waals surface area contributed by atoms with E-state index >= 15 is 0 Å². The van der Waals surface area contributed by atoms with Crippen molar-refractivity contribution in [2.45, 2.75) is 16.2 Å². The highest BCUT2D eigenvalue weighted by atomic mass is 35.5. The van der Waals surface area contributed by atoms with Gasteiger partial charge in [-0.15, -0.1) is 23.2 Å². The Morgan fingerprint density at radius 2 is 1.45 bits per heavy atom. The fraction of sp³-hybridized carbons (Fsp3) is 0.188. The van der Waals surface area contributed by atoms with Crippen molar-refractivity contribution in [2.75, 3.05) is 5.32 Å². The third-order valence-corrected chi connectivity index (χ3v) is 4.58.